The van der Waals surface area contributed by atoms with Crippen LogP contribution in [0.3, 0.4) is 0 Å². The van der Waals surface area contributed by atoms with Gasteiger partial charge in [0.25, 0.3) is 0 Å². The van der Waals surface area contributed by atoms with Crippen LogP contribution < -0.4 is 10.6 Å². The summed E-state index contributed by atoms with van der Waals surface area (Å²) in [4.78, 5) is 22.5. The predicted octanol–water partition coefficient (Wildman–Crippen LogP) is 0.700. The summed E-state index contributed by atoms with van der Waals surface area (Å²) in [7, 11) is 0. The number of hydrogen-bond donors (Lipinski definition) is 4. The van der Waals surface area contributed by atoms with Crippen molar-refractivity contribution in [2.75, 3.05) is 6.61 Å². The Balaban J connectivity index is 2.37. The van der Waals surface area contributed by atoms with Gasteiger partial charge in [-0.25, -0.2) is 9.59 Å². The molecule has 0 saturated heterocycles. The van der Waals surface area contributed by atoms with Gasteiger partial charge in [-0.05, 0) is 18.8 Å². The van der Waals surface area contributed by atoms with E-state index in [1.807, 2.05) is 0 Å². The zero-order chi connectivity index (χ0) is 13.5. The summed E-state index contributed by atoms with van der Waals surface area (Å²) in [6.45, 7) is 1.88. The topological polar surface area (TPSA) is 98.7 Å². The first-order valence-electron chi connectivity index (χ1n) is 6.43. The molecule has 1 fully saturated rings. The van der Waals surface area contributed by atoms with Gasteiger partial charge in [-0.1, -0.05) is 19.8 Å². The number of carbonyl (C=O) groups excluding carboxylic acids is 1. The van der Waals surface area contributed by atoms with Gasteiger partial charge in [0, 0.05) is 19.1 Å². The smallest absolute Gasteiger partial charge is 0.326 e. The second-order valence-corrected chi connectivity index (χ2v) is 4.99. The molecule has 2 unspecified atom stereocenters. The quantitative estimate of drug-likeness (QED) is 0.583. The van der Waals surface area contributed by atoms with Crippen molar-refractivity contribution < 1.29 is 19.8 Å². The first kappa shape index (κ1) is 14.8. The summed E-state index contributed by atoms with van der Waals surface area (Å²) in [5.41, 5.74) is 0. The zero-order valence-corrected chi connectivity index (χ0v) is 10.7. The molecular weight excluding hydrogens is 236 g/mol. The molecule has 1 aliphatic carbocycles. The third-order valence-electron chi connectivity index (χ3n) is 3.29. The number of aliphatic carboxylic acids is 1. The number of amides is 2. The van der Waals surface area contributed by atoms with Crippen LogP contribution in [0.15, 0.2) is 0 Å². The van der Waals surface area contributed by atoms with Gasteiger partial charge in [-0.2, -0.15) is 0 Å². The van der Waals surface area contributed by atoms with Crippen molar-refractivity contribution in [3.63, 3.8) is 0 Å². The summed E-state index contributed by atoms with van der Waals surface area (Å²) in [6.07, 6.45) is 4.16. The van der Waals surface area contributed by atoms with Crippen molar-refractivity contribution in [2.45, 2.75) is 51.1 Å². The van der Waals surface area contributed by atoms with E-state index in [1.54, 1.807) is 0 Å². The highest BCUT2D eigenvalue weighted by atomic mass is 16.4. The van der Waals surface area contributed by atoms with Crippen molar-refractivity contribution in [2.24, 2.45) is 5.92 Å². The van der Waals surface area contributed by atoms with Crippen LogP contribution in [0.5, 0.6) is 0 Å². The highest BCUT2D eigenvalue weighted by Gasteiger charge is 2.23. The number of aliphatic hydroxyl groups excluding tert-OH is 1. The van der Waals surface area contributed by atoms with Gasteiger partial charge < -0.3 is 20.8 Å². The molecular formula is C12H22N2O4. The fourth-order valence-electron chi connectivity index (χ4n) is 2.34. The highest BCUT2D eigenvalue weighted by Crippen LogP contribution is 2.23. The van der Waals surface area contributed by atoms with Gasteiger partial charge in [-0.15, -0.1) is 0 Å². The normalized spacial score (nSPS) is 25.2. The van der Waals surface area contributed by atoms with Crippen LogP contribution in [-0.2, 0) is 4.79 Å². The Morgan fingerprint density at radius 2 is 2.11 bits per heavy atom. The van der Waals surface area contributed by atoms with Crippen molar-refractivity contribution in [1.82, 2.24) is 10.6 Å². The van der Waals surface area contributed by atoms with E-state index < -0.39 is 18.0 Å². The minimum absolute atomic E-state index is 0.0177. The number of hydrogen-bond acceptors (Lipinski definition) is 3. The van der Waals surface area contributed by atoms with Crippen LogP contribution in [0.1, 0.15) is 39.0 Å². The maximum absolute atomic E-state index is 11.6. The largest absolute Gasteiger partial charge is 0.480 e. The first-order valence-corrected chi connectivity index (χ1v) is 6.43. The maximum Gasteiger partial charge on any atom is 0.326 e. The number of rotatable bonds is 5. The minimum atomic E-state index is -1.13. The van der Waals surface area contributed by atoms with E-state index in [0.717, 1.165) is 19.3 Å². The van der Waals surface area contributed by atoms with Crippen molar-refractivity contribution in [3.8, 4) is 0 Å². The van der Waals surface area contributed by atoms with E-state index in [1.165, 1.54) is 6.42 Å². The Kier molecular flexibility index (Phi) is 5.91. The van der Waals surface area contributed by atoms with Crippen LogP contribution in [0, 0.1) is 5.92 Å². The van der Waals surface area contributed by atoms with E-state index in [0.29, 0.717) is 5.92 Å². The number of carbonyl (C=O) groups is 2. The fourth-order valence-corrected chi connectivity index (χ4v) is 2.34. The van der Waals surface area contributed by atoms with Crippen LogP contribution in [-0.4, -0.2) is 40.9 Å². The number of carboxylic acids is 1. The van der Waals surface area contributed by atoms with Crippen molar-refractivity contribution >= 4 is 12.0 Å². The van der Waals surface area contributed by atoms with Crippen LogP contribution >= 0.6 is 0 Å². The molecule has 104 valence electrons. The molecule has 6 nitrogen and oxygen atoms in total. The molecule has 0 aromatic carbocycles. The molecule has 0 aliphatic heterocycles. The molecule has 0 aromatic heterocycles. The second kappa shape index (κ2) is 7.20. The molecule has 18 heavy (non-hydrogen) atoms. The lowest BCUT2D eigenvalue weighted by Crippen LogP contribution is -2.50. The third kappa shape index (κ3) is 4.91. The molecule has 0 radical (unpaired) electrons. The summed E-state index contributed by atoms with van der Waals surface area (Å²) in [5, 5.41) is 22.7. The molecule has 2 amide bonds. The molecule has 6 heteroatoms. The van der Waals surface area contributed by atoms with Crippen molar-refractivity contribution in [3.05, 3.63) is 0 Å². The van der Waals surface area contributed by atoms with Crippen LogP contribution in [0.25, 0.3) is 0 Å². The van der Waals surface area contributed by atoms with E-state index in [4.69, 9.17) is 10.2 Å². The number of urea groups is 1. The third-order valence-corrected chi connectivity index (χ3v) is 3.29. The van der Waals surface area contributed by atoms with Crippen LogP contribution in [0.2, 0.25) is 0 Å². The summed E-state index contributed by atoms with van der Waals surface area (Å²) in [5.74, 6) is -0.534. The molecule has 0 bridgehead atoms. The van der Waals surface area contributed by atoms with Gasteiger partial charge >= 0.3 is 12.0 Å². The number of carboxylic acid groups (broad SMARTS) is 1. The lowest BCUT2D eigenvalue weighted by atomic mass is 9.87. The Labute approximate surface area is 107 Å². The Morgan fingerprint density at radius 1 is 1.39 bits per heavy atom. The van der Waals surface area contributed by atoms with Gasteiger partial charge in [0.15, 0.2) is 0 Å². The average molecular weight is 258 g/mol. The molecule has 0 spiro atoms. The van der Waals surface area contributed by atoms with Crippen molar-refractivity contribution in [1.29, 1.82) is 0 Å². The Hall–Kier alpha value is -1.30. The molecule has 0 heterocycles. The van der Waals surface area contributed by atoms with E-state index in [-0.39, 0.29) is 19.1 Å². The standard InChI is InChI=1S/C12H22N2O4/c1-8-3-2-4-9(7-8)13-12(18)14-10(5-6-15)11(16)17/h8-10,15H,2-7H2,1H3,(H,16,17)(H2,13,14,18)/t8?,9?,10-/m0/s1. The average Bonchev–Trinajstić information content (AvgIpc) is 2.28. The van der Waals surface area contributed by atoms with Gasteiger partial charge in [0.05, 0.1) is 0 Å². The maximum atomic E-state index is 11.6. The van der Waals surface area contributed by atoms with E-state index >= 15 is 0 Å². The molecule has 1 rings (SSSR count). The molecule has 0 aromatic rings. The van der Waals surface area contributed by atoms with Crippen LogP contribution in [0.4, 0.5) is 4.79 Å². The minimum Gasteiger partial charge on any atom is -0.480 e. The SMILES string of the molecule is CC1CCCC(NC(=O)N[C@@H](CCO)C(=O)O)C1. The molecule has 1 saturated carbocycles. The summed E-state index contributed by atoms with van der Waals surface area (Å²) < 4.78 is 0. The Morgan fingerprint density at radius 3 is 2.67 bits per heavy atom. The van der Waals surface area contributed by atoms with Gasteiger partial charge in [-0.3, -0.25) is 0 Å². The Bertz CT molecular complexity index is 296. The van der Waals surface area contributed by atoms with Gasteiger partial charge in [0.2, 0.25) is 0 Å². The zero-order valence-electron chi connectivity index (χ0n) is 10.7. The summed E-state index contributed by atoms with van der Waals surface area (Å²) >= 11 is 0. The number of nitrogens with one attached hydrogen (secondary N) is 2. The predicted molar refractivity (Wildman–Crippen MR) is 66.2 cm³/mol. The summed E-state index contributed by atoms with van der Waals surface area (Å²) in [6, 6.07) is -1.37. The lowest BCUT2D eigenvalue weighted by Gasteiger charge is -2.28. The monoisotopic (exact) mass is 258 g/mol. The second-order valence-electron chi connectivity index (χ2n) is 4.99. The highest BCUT2D eigenvalue weighted by molar-refractivity contribution is 5.82. The van der Waals surface area contributed by atoms with E-state index in [2.05, 4.69) is 17.6 Å². The first-order chi connectivity index (χ1) is 8.52. The number of aliphatic hydroxyl groups is 1. The fraction of sp³-hybridized carbons (Fsp3) is 0.833. The van der Waals surface area contributed by atoms with E-state index in [9.17, 15) is 9.59 Å². The molecule has 4 N–H and O–H groups in total. The molecule has 3 atom stereocenters. The van der Waals surface area contributed by atoms with Gasteiger partial charge in [0.1, 0.15) is 6.04 Å². The lowest BCUT2D eigenvalue weighted by molar-refractivity contribution is -0.139. The molecule has 1 aliphatic rings.